The number of rotatable bonds is 3. The van der Waals surface area contributed by atoms with Gasteiger partial charge < -0.3 is 11.1 Å². The van der Waals surface area contributed by atoms with Gasteiger partial charge in [-0.2, -0.15) is 5.26 Å². The SMILES string of the molecule is CC(C)(C#N)c1cccc(C(=O)Nc2cc(N)cc(F)c2)c1. The van der Waals surface area contributed by atoms with Gasteiger partial charge in [0.05, 0.1) is 11.5 Å². The second kappa shape index (κ2) is 5.86. The zero-order valence-electron chi connectivity index (χ0n) is 12.4. The first kappa shape index (κ1) is 15.5. The smallest absolute Gasteiger partial charge is 0.255 e. The Balaban J connectivity index is 2.27. The van der Waals surface area contributed by atoms with Crippen LogP contribution in [0, 0.1) is 17.1 Å². The van der Waals surface area contributed by atoms with Gasteiger partial charge in [-0.15, -0.1) is 0 Å². The molecule has 0 aromatic heterocycles. The van der Waals surface area contributed by atoms with Gasteiger partial charge in [-0.25, -0.2) is 4.39 Å². The van der Waals surface area contributed by atoms with Crippen molar-refractivity contribution in [3.05, 3.63) is 59.4 Å². The van der Waals surface area contributed by atoms with E-state index in [0.717, 1.165) is 5.56 Å². The van der Waals surface area contributed by atoms with Gasteiger partial charge in [0.1, 0.15) is 5.82 Å². The van der Waals surface area contributed by atoms with Crippen molar-refractivity contribution in [2.45, 2.75) is 19.3 Å². The maximum absolute atomic E-state index is 13.3. The van der Waals surface area contributed by atoms with Gasteiger partial charge in [0, 0.05) is 16.9 Å². The number of hydrogen-bond acceptors (Lipinski definition) is 3. The first-order valence-electron chi connectivity index (χ1n) is 6.71. The highest BCUT2D eigenvalue weighted by Crippen LogP contribution is 2.23. The Labute approximate surface area is 128 Å². The molecule has 3 N–H and O–H groups in total. The number of benzene rings is 2. The summed E-state index contributed by atoms with van der Waals surface area (Å²) in [5, 5.41) is 11.8. The molecule has 0 aliphatic carbocycles. The molecule has 1 amide bonds. The number of carbonyl (C=O) groups is 1. The monoisotopic (exact) mass is 297 g/mol. The lowest BCUT2D eigenvalue weighted by Gasteiger charge is -2.16. The van der Waals surface area contributed by atoms with Crippen molar-refractivity contribution in [1.82, 2.24) is 0 Å². The molecule has 2 aromatic rings. The fraction of sp³-hybridized carbons (Fsp3) is 0.176. The molecule has 0 radical (unpaired) electrons. The Morgan fingerprint density at radius 2 is 2.00 bits per heavy atom. The minimum Gasteiger partial charge on any atom is -0.399 e. The highest BCUT2D eigenvalue weighted by Gasteiger charge is 2.20. The molecule has 0 saturated carbocycles. The minimum atomic E-state index is -0.695. The third kappa shape index (κ3) is 3.41. The predicted molar refractivity (Wildman–Crippen MR) is 83.8 cm³/mol. The predicted octanol–water partition coefficient (Wildman–Crippen LogP) is 3.46. The summed E-state index contributed by atoms with van der Waals surface area (Å²) in [6, 6.07) is 12.8. The summed E-state index contributed by atoms with van der Waals surface area (Å²) in [5.41, 5.74) is 6.50. The lowest BCUT2D eigenvalue weighted by atomic mass is 9.85. The number of amides is 1. The molecule has 2 aromatic carbocycles. The number of halogens is 1. The summed E-state index contributed by atoms with van der Waals surface area (Å²) in [6.45, 7) is 3.55. The van der Waals surface area contributed by atoms with Gasteiger partial charge in [0.2, 0.25) is 0 Å². The van der Waals surface area contributed by atoms with Gasteiger partial charge in [0.15, 0.2) is 0 Å². The van der Waals surface area contributed by atoms with E-state index in [9.17, 15) is 9.18 Å². The van der Waals surface area contributed by atoms with Crippen molar-refractivity contribution >= 4 is 17.3 Å². The van der Waals surface area contributed by atoms with E-state index in [1.54, 1.807) is 38.1 Å². The van der Waals surface area contributed by atoms with Crippen LogP contribution >= 0.6 is 0 Å². The van der Waals surface area contributed by atoms with Crippen LogP contribution in [0.1, 0.15) is 29.8 Å². The van der Waals surface area contributed by atoms with Crippen molar-refractivity contribution in [3.8, 4) is 6.07 Å². The molecule has 22 heavy (non-hydrogen) atoms. The Kier molecular flexibility index (Phi) is 4.13. The molecular weight excluding hydrogens is 281 g/mol. The number of hydrogen-bond donors (Lipinski definition) is 2. The molecule has 4 nitrogen and oxygen atoms in total. The van der Waals surface area contributed by atoms with Gasteiger partial charge >= 0.3 is 0 Å². The van der Waals surface area contributed by atoms with Crippen LogP contribution in [-0.2, 0) is 5.41 Å². The summed E-state index contributed by atoms with van der Waals surface area (Å²) in [5.74, 6) is -0.907. The van der Waals surface area contributed by atoms with E-state index in [0.29, 0.717) is 5.56 Å². The third-order valence-corrected chi connectivity index (χ3v) is 3.30. The number of anilines is 2. The second-order valence-electron chi connectivity index (χ2n) is 5.54. The first-order valence-corrected chi connectivity index (χ1v) is 6.71. The number of carbonyl (C=O) groups excluding carboxylic acids is 1. The Hall–Kier alpha value is -2.87. The molecule has 0 saturated heterocycles. The number of nitrogens with zero attached hydrogens (tertiary/aromatic N) is 1. The van der Waals surface area contributed by atoms with Crippen molar-refractivity contribution in [3.63, 3.8) is 0 Å². The van der Waals surface area contributed by atoms with E-state index in [1.807, 2.05) is 0 Å². The third-order valence-electron chi connectivity index (χ3n) is 3.30. The zero-order chi connectivity index (χ0) is 16.3. The summed E-state index contributed by atoms with van der Waals surface area (Å²) >= 11 is 0. The fourth-order valence-electron chi connectivity index (χ4n) is 2.00. The maximum atomic E-state index is 13.3. The summed E-state index contributed by atoms with van der Waals surface area (Å²) in [4.78, 5) is 12.2. The highest BCUT2D eigenvalue weighted by molar-refractivity contribution is 6.04. The molecule has 0 heterocycles. The Morgan fingerprint density at radius 1 is 1.27 bits per heavy atom. The van der Waals surface area contributed by atoms with Gasteiger partial charge in [0.25, 0.3) is 5.91 Å². The molecule has 112 valence electrons. The topological polar surface area (TPSA) is 78.9 Å². The van der Waals surface area contributed by atoms with Crippen LogP contribution in [0.25, 0.3) is 0 Å². The molecule has 0 unspecified atom stereocenters. The Bertz CT molecular complexity index is 742. The lowest BCUT2D eigenvalue weighted by Crippen LogP contribution is -2.17. The van der Waals surface area contributed by atoms with Crippen molar-refractivity contribution in [1.29, 1.82) is 5.26 Å². The minimum absolute atomic E-state index is 0.231. The molecule has 0 bridgehead atoms. The molecule has 5 heteroatoms. The standard InChI is InChI=1S/C17H16FN3O/c1-17(2,10-19)12-5-3-4-11(6-12)16(22)21-15-8-13(18)7-14(20)9-15/h3-9H,20H2,1-2H3,(H,21,22). The largest absolute Gasteiger partial charge is 0.399 e. The summed E-state index contributed by atoms with van der Waals surface area (Å²) < 4.78 is 13.3. The lowest BCUT2D eigenvalue weighted by molar-refractivity contribution is 0.102. The fourth-order valence-corrected chi connectivity index (χ4v) is 2.00. The summed E-state index contributed by atoms with van der Waals surface area (Å²) in [7, 11) is 0. The van der Waals surface area contributed by atoms with Crippen molar-refractivity contribution in [2.24, 2.45) is 0 Å². The quantitative estimate of drug-likeness (QED) is 0.851. The Morgan fingerprint density at radius 3 is 2.64 bits per heavy atom. The molecule has 0 fully saturated rings. The van der Waals surface area contributed by atoms with E-state index in [1.165, 1.54) is 18.2 Å². The molecule has 0 spiro atoms. The van der Waals surface area contributed by atoms with E-state index in [2.05, 4.69) is 11.4 Å². The number of nitrogens with one attached hydrogen (secondary N) is 1. The van der Waals surface area contributed by atoms with E-state index >= 15 is 0 Å². The van der Waals surface area contributed by atoms with Gasteiger partial charge in [-0.1, -0.05) is 12.1 Å². The molecule has 0 atom stereocenters. The molecule has 0 aliphatic heterocycles. The van der Waals surface area contributed by atoms with Crippen molar-refractivity contribution in [2.75, 3.05) is 11.1 Å². The van der Waals surface area contributed by atoms with E-state index in [-0.39, 0.29) is 17.3 Å². The van der Waals surface area contributed by atoms with Crippen molar-refractivity contribution < 1.29 is 9.18 Å². The number of nitriles is 1. The normalized spacial score (nSPS) is 10.8. The van der Waals surface area contributed by atoms with E-state index in [4.69, 9.17) is 11.0 Å². The average Bonchev–Trinajstić information content (AvgIpc) is 2.46. The zero-order valence-corrected chi connectivity index (χ0v) is 12.4. The van der Waals surface area contributed by atoms with Crippen LogP contribution < -0.4 is 11.1 Å². The number of nitrogens with two attached hydrogens (primary N) is 1. The molecular formula is C17H16FN3O. The van der Waals surface area contributed by atoms with Crippen LogP contribution in [0.15, 0.2) is 42.5 Å². The van der Waals surface area contributed by atoms with E-state index < -0.39 is 11.2 Å². The molecule has 2 rings (SSSR count). The molecule has 0 aliphatic rings. The summed E-state index contributed by atoms with van der Waals surface area (Å²) in [6.07, 6.45) is 0. The van der Waals surface area contributed by atoms with Crippen LogP contribution in [0.5, 0.6) is 0 Å². The van der Waals surface area contributed by atoms with Crippen LogP contribution in [0.3, 0.4) is 0 Å². The van der Waals surface area contributed by atoms with Gasteiger partial charge in [-0.05, 0) is 49.7 Å². The number of nitrogen functional groups attached to an aromatic ring is 1. The highest BCUT2D eigenvalue weighted by atomic mass is 19.1. The maximum Gasteiger partial charge on any atom is 0.255 e. The van der Waals surface area contributed by atoms with Crippen LogP contribution in [-0.4, -0.2) is 5.91 Å². The second-order valence-corrected chi connectivity index (χ2v) is 5.54. The van der Waals surface area contributed by atoms with Crippen LogP contribution in [0.4, 0.5) is 15.8 Å². The average molecular weight is 297 g/mol. The first-order chi connectivity index (χ1) is 10.3. The van der Waals surface area contributed by atoms with Gasteiger partial charge in [-0.3, -0.25) is 4.79 Å². The van der Waals surface area contributed by atoms with Crippen LogP contribution in [0.2, 0.25) is 0 Å².